The van der Waals surface area contributed by atoms with E-state index in [1.54, 1.807) is 0 Å². The van der Waals surface area contributed by atoms with Crippen LogP contribution >= 0.6 is 11.6 Å². The Balaban J connectivity index is 1.44. The number of benzene rings is 1. The van der Waals surface area contributed by atoms with Crippen LogP contribution in [0, 0.1) is 5.82 Å². The van der Waals surface area contributed by atoms with Gasteiger partial charge < -0.3 is 4.90 Å². The molecule has 1 aliphatic heterocycles. The second-order valence-electron chi connectivity index (χ2n) is 8.06. The van der Waals surface area contributed by atoms with Crippen LogP contribution in [0.3, 0.4) is 0 Å². The molecule has 0 radical (unpaired) electrons. The van der Waals surface area contributed by atoms with Gasteiger partial charge in [0.1, 0.15) is 12.4 Å². The first-order valence-corrected chi connectivity index (χ1v) is 9.87. The predicted octanol–water partition coefficient (Wildman–Crippen LogP) is 3.52. The Hall–Kier alpha value is -2.68. The van der Waals surface area contributed by atoms with Gasteiger partial charge in [-0.05, 0) is 30.4 Å². The molecule has 2 fully saturated rings. The van der Waals surface area contributed by atoms with E-state index in [0.29, 0.717) is 5.56 Å². The number of amides is 2. The number of aromatic nitrogens is 2. The Kier molecular flexibility index (Phi) is 4.12. The summed E-state index contributed by atoms with van der Waals surface area (Å²) in [6, 6.07) is 2.92. The van der Waals surface area contributed by atoms with Crippen molar-refractivity contribution in [1.29, 1.82) is 0 Å². The third-order valence-electron chi connectivity index (χ3n) is 5.95. The highest BCUT2D eigenvalue weighted by molar-refractivity contribution is 6.30. The average Bonchev–Trinajstić information content (AvgIpc) is 3.59. The van der Waals surface area contributed by atoms with Crippen LogP contribution in [0.15, 0.2) is 24.5 Å². The van der Waals surface area contributed by atoms with Gasteiger partial charge in [-0.25, -0.2) is 23.1 Å². The van der Waals surface area contributed by atoms with Crippen molar-refractivity contribution in [3.63, 3.8) is 0 Å². The minimum absolute atomic E-state index is 0.0259. The molecular weight excluding hydrogens is 421 g/mol. The van der Waals surface area contributed by atoms with E-state index >= 15 is 4.39 Å². The van der Waals surface area contributed by atoms with E-state index in [-0.39, 0.29) is 28.0 Å². The van der Waals surface area contributed by atoms with Crippen LogP contribution in [0.2, 0.25) is 5.02 Å². The van der Waals surface area contributed by atoms with Gasteiger partial charge in [0.2, 0.25) is 11.9 Å². The fourth-order valence-electron chi connectivity index (χ4n) is 4.21. The molecule has 1 N–H and O–H groups in total. The van der Waals surface area contributed by atoms with Gasteiger partial charge in [-0.15, -0.1) is 0 Å². The lowest BCUT2D eigenvalue weighted by Crippen LogP contribution is -2.49. The Labute approximate surface area is 174 Å². The summed E-state index contributed by atoms with van der Waals surface area (Å²) in [6.45, 7) is -0.903. The van der Waals surface area contributed by atoms with Crippen molar-refractivity contribution in [2.45, 2.75) is 36.5 Å². The number of rotatable bonds is 4. The van der Waals surface area contributed by atoms with E-state index in [9.17, 15) is 18.4 Å². The van der Waals surface area contributed by atoms with E-state index in [0.717, 1.165) is 17.7 Å². The summed E-state index contributed by atoms with van der Waals surface area (Å²) in [7, 11) is 0. The first-order chi connectivity index (χ1) is 14.2. The van der Waals surface area contributed by atoms with E-state index in [1.165, 1.54) is 24.5 Å². The molecular formula is C20H16ClF3N4O2. The summed E-state index contributed by atoms with van der Waals surface area (Å²) in [4.78, 5) is 34.0. The standard InChI is InChI=1S/C20H16ClF3N4O2/c21-11-5-25-18(26-6-11)27-14(29)7-28-9-19(8-20(19,23)24)15-13(17(28)30)4-3-12(16(15)22)10-1-2-10/h3-6,10H,1-2,7-9H2,(H,25,26,27,29). The zero-order valence-electron chi connectivity index (χ0n) is 15.6. The van der Waals surface area contributed by atoms with Crippen LogP contribution < -0.4 is 5.32 Å². The maximum Gasteiger partial charge on any atom is 0.260 e. The van der Waals surface area contributed by atoms with Gasteiger partial charge in [0, 0.05) is 24.1 Å². The van der Waals surface area contributed by atoms with Gasteiger partial charge in [0.15, 0.2) is 0 Å². The zero-order valence-corrected chi connectivity index (χ0v) is 16.3. The first-order valence-electron chi connectivity index (χ1n) is 9.49. The molecule has 2 heterocycles. The number of fused-ring (bicyclic) bond motifs is 2. The second kappa shape index (κ2) is 6.41. The molecule has 156 valence electrons. The quantitative estimate of drug-likeness (QED) is 0.795. The third kappa shape index (κ3) is 2.94. The Morgan fingerprint density at radius 1 is 1.27 bits per heavy atom. The monoisotopic (exact) mass is 436 g/mol. The highest BCUT2D eigenvalue weighted by atomic mass is 35.5. The van der Waals surface area contributed by atoms with E-state index in [2.05, 4.69) is 15.3 Å². The SMILES string of the molecule is O=C(CN1CC2(CC2(F)F)c2c(ccc(C3CC3)c2F)C1=O)Nc1ncc(Cl)cn1. The Morgan fingerprint density at radius 3 is 2.53 bits per heavy atom. The third-order valence-corrected chi connectivity index (χ3v) is 6.15. The van der Waals surface area contributed by atoms with E-state index in [1.807, 2.05) is 0 Å². The van der Waals surface area contributed by atoms with Gasteiger partial charge in [-0.2, -0.15) is 0 Å². The normalized spacial score (nSPS) is 24.0. The molecule has 2 aromatic rings. The largest absolute Gasteiger partial charge is 0.328 e. The number of hydrogen-bond donors (Lipinski definition) is 1. The first kappa shape index (κ1) is 19.3. The topological polar surface area (TPSA) is 75.2 Å². The fourth-order valence-corrected chi connectivity index (χ4v) is 4.31. The van der Waals surface area contributed by atoms with Crippen LogP contribution in [0.4, 0.5) is 19.1 Å². The lowest BCUT2D eigenvalue weighted by Gasteiger charge is -2.35. The van der Waals surface area contributed by atoms with Crippen LogP contribution in [-0.4, -0.2) is 45.7 Å². The van der Waals surface area contributed by atoms with Crippen molar-refractivity contribution in [3.05, 3.63) is 52.1 Å². The highest BCUT2D eigenvalue weighted by Gasteiger charge is 2.75. The van der Waals surface area contributed by atoms with Crippen molar-refractivity contribution >= 4 is 29.4 Å². The zero-order chi connectivity index (χ0) is 21.3. The van der Waals surface area contributed by atoms with Crippen molar-refractivity contribution in [1.82, 2.24) is 14.9 Å². The van der Waals surface area contributed by atoms with Crippen molar-refractivity contribution in [3.8, 4) is 0 Å². The smallest absolute Gasteiger partial charge is 0.260 e. The molecule has 1 atom stereocenters. The molecule has 10 heteroatoms. The molecule has 6 nitrogen and oxygen atoms in total. The molecule has 0 saturated heterocycles. The number of carbonyl (C=O) groups is 2. The number of nitrogens with zero attached hydrogens (tertiary/aromatic N) is 3. The molecule has 1 aromatic heterocycles. The molecule has 30 heavy (non-hydrogen) atoms. The second-order valence-corrected chi connectivity index (χ2v) is 8.50. The molecule has 2 amide bonds. The maximum atomic E-state index is 15.2. The lowest BCUT2D eigenvalue weighted by atomic mass is 9.83. The van der Waals surface area contributed by atoms with Gasteiger partial charge in [0.05, 0.1) is 22.8 Å². The van der Waals surface area contributed by atoms with Gasteiger partial charge >= 0.3 is 0 Å². The summed E-state index contributed by atoms with van der Waals surface area (Å²) in [5.74, 6) is -5.13. The summed E-state index contributed by atoms with van der Waals surface area (Å²) in [6.07, 6.45) is 3.64. The highest BCUT2D eigenvalue weighted by Crippen LogP contribution is 2.65. The average molecular weight is 437 g/mol. The number of nitrogens with one attached hydrogen (secondary N) is 1. The van der Waals surface area contributed by atoms with Crippen LogP contribution in [0.5, 0.6) is 0 Å². The summed E-state index contributed by atoms with van der Waals surface area (Å²) >= 11 is 5.69. The van der Waals surface area contributed by atoms with Crippen LogP contribution in [0.25, 0.3) is 0 Å². The number of anilines is 1. The van der Waals surface area contributed by atoms with Gasteiger partial charge in [0.25, 0.3) is 11.8 Å². The molecule has 1 aromatic carbocycles. The lowest BCUT2D eigenvalue weighted by molar-refractivity contribution is -0.117. The van der Waals surface area contributed by atoms with Crippen molar-refractivity contribution in [2.24, 2.45) is 0 Å². The Morgan fingerprint density at radius 2 is 1.93 bits per heavy atom. The van der Waals surface area contributed by atoms with E-state index in [4.69, 9.17) is 11.6 Å². The number of carbonyl (C=O) groups excluding carboxylic acids is 2. The minimum Gasteiger partial charge on any atom is -0.328 e. The van der Waals surface area contributed by atoms with Crippen molar-refractivity contribution < 1.29 is 22.8 Å². The molecule has 5 rings (SSSR count). The minimum atomic E-state index is -3.14. The molecule has 2 saturated carbocycles. The van der Waals surface area contributed by atoms with Gasteiger partial charge in [-0.3, -0.25) is 14.9 Å². The molecule has 1 unspecified atom stereocenters. The molecule has 1 spiro atoms. The van der Waals surface area contributed by atoms with Crippen LogP contribution in [-0.2, 0) is 10.2 Å². The number of halogens is 4. The fraction of sp³-hybridized carbons (Fsp3) is 0.400. The summed E-state index contributed by atoms with van der Waals surface area (Å²) in [5, 5.41) is 2.68. The summed E-state index contributed by atoms with van der Waals surface area (Å²) in [5.41, 5.74) is -1.69. The number of alkyl halides is 2. The van der Waals surface area contributed by atoms with E-state index < -0.39 is 48.5 Å². The van der Waals surface area contributed by atoms with Gasteiger partial charge in [-0.1, -0.05) is 17.7 Å². The number of hydrogen-bond acceptors (Lipinski definition) is 4. The summed E-state index contributed by atoms with van der Waals surface area (Å²) < 4.78 is 44.1. The maximum absolute atomic E-state index is 15.2. The van der Waals surface area contributed by atoms with Crippen molar-refractivity contribution in [2.75, 3.05) is 18.4 Å². The Bertz CT molecular complexity index is 1070. The van der Waals surface area contributed by atoms with Crippen LogP contribution in [0.1, 0.15) is 46.7 Å². The molecule has 2 aliphatic carbocycles. The predicted molar refractivity (Wildman–Crippen MR) is 101 cm³/mol. The molecule has 0 bridgehead atoms. The molecule has 3 aliphatic rings.